The Morgan fingerprint density at radius 3 is 2.70 bits per heavy atom. The van der Waals surface area contributed by atoms with Crippen molar-refractivity contribution in [1.82, 2.24) is 10.4 Å². The molecule has 0 spiro atoms. The number of thioether (sulfide) groups is 1. The van der Waals surface area contributed by atoms with Gasteiger partial charge in [-0.2, -0.15) is 5.01 Å². The van der Waals surface area contributed by atoms with E-state index in [1.165, 1.54) is 0 Å². The molecule has 8 heteroatoms. The minimum Gasteiger partial charge on any atom is -0.454 e. The van der Waals surface area contributed by atoms with E-state index < -0.39 is 5.91 Å². The van der Waals surface area contributed by atoms with Crippen LogP contribution in [0.1, 0.15) is 21.5 Å². The van der Waals surface area contributed by atoms with E-state index in [0.29, 0.717) is 22.0 Å². The molecule has 27 heavy (non-hydrogen) atoms. The molecule has 2 aromatic rings. The Hall–Kier alpha value is -2.84. The lowest BCUT2D eigenvalue weighted by molar-refractivity contribution is -0.123. The second-order valence-electron chi connectivity index (χ2n) is 5.94. The van der Waals surface area contributed by atoms with E-state index >= 15 is 0 Å². The van der Waals surface area contributed by atoms with Crippen LogP contribution in [0.5, 0.6) is 11.5 Å². The van der Waals surface area contributed by atoms with E-state index in [1.54, 1.807) is 30.3 Å². The van der Waals surface area contributed by atoms with Crippen molar-refractivity contribution in [2.24, 2.45) is 0 Å². The molecule has 0 aromatic heterocycles. The number of rotatable bonds is 3. The van der Waals surface area contributed by atoms with E-state index in [2.05, 4.69) is 5.43 Å². The van der Waals surface area contributed by atoms with Gasteiger partial charge in [-0.05, 0) is 55.0 Å². The van der Waals surface area contributed by atoms with Gasteiger partial charge in [-0.3, -0.25) is 15.0 Å². The summed E-state index contributed by atoms with van der Waals surface area (Å²) in [6, 6.07) is 12.5. The van der Waals surface area contributed by atoms with Crippen LogP contribution in [0, 0.1) is 6.92 Å². The van der Waals surface area contributed by atoms with Crippen molar-refractivity contribution in [3.05, 3.63) is 64.1 Å². The van der Waals surface area contributed by atoms with E-state index in [9.17, 15) is 9.59 Å². The van der Waals surface area contributed by atoms with E-state index in [-0.39, 0.29) is 17.0 Å². The number of hydrogen-bond donors (Lipinski definition) is 1. The molecule has 2 aliphatic rings. The third-order valence-electron chi connectivity index (χ3n) is 4.02. The number of amides is 2. The standard InChI is InChI=1S/C19H14N2O4S2/c1-11-2-5-13(6-3-11)17(22)20-21-18(23)16(27-19(21)26)9-12-4-7-14-15(8-12)25-10-24-14/h2-9H,10H2,1H3,(H,20,22)/b16-9-. The molecule has 0 bridgehead atoms. The zero-order valence-electron chi connectivity index (χ0n) is 14.2. The first-order chi connectivity index (χ1) is 13.0. The van der Waals surface area contributed by atoms with Gasteiger partial charge in [0.05, 0.1) is 4.91 Å². The van der Waals surface area contributed by atoms with Gasteiger partial charge in [-0.15, -0.1) is 0 Å². The van der Waals surface area contributed by atoms with Crippen molar-refractivity contribution < 1.29 is 19.1 Å². The highest BCUT2D eigenvalue weighted by atomic mass is 32.2. The maximum atomic E-state index is 12.7. The van der Waals surface area contributed by atoms with Crippen LogP contribution in [0.25, 0.3) is 6.08 Å². The van der Waals surface area contributed by atoms with Gasteiger partial charge < -0.3 is 9.47 Å². The van der Waals surface area contributed by atoms with Crippen molar-refractivity contribution in [3.8, 4) is 11.5 Å². The summed E-state index contributed by atoms with van der Waals surface area (Å²) >= 11 is 6.38. The van der Waals surface area contributed by atoms with Crippen LogP contribution in [0.2, 0.25) is 0 Å². The number of carbonyl (C=O) groups excluding carboxylic acids is 2. The summed E-state index contributed by atoms with van der Waals surface area (Å²) in [6.45, 7) is 2.12. The third-order valence-corrected chi connectivity index (χ3v) is 5.32. The number of hydrogen-bond acceptors (Lipinski definition) is 6. The zero-order valence-corrected chi connectivity index (χ0v) is 15.9. The van der Waals surface area contributed by atoms with E-state index in [4.69, 9.17) is 21.7 Å². The highest BCUT2D eigenvalue weighted by molar-refractivity contribution is 8.26. The van der Waals surface area contributed by atoms with Crippen LogP contribution < -0.4 is 14.9 Å². The molecule has 0 saturated carbocycles. The normalized spacial score (nSPS) is 16.9. The predicted octanol–water partition coefficient (Wildman–Crippen LogP) is 3.27. The quantitative estimate of drug-likeness (QED) is 0.632. The van der Waals surface area contributed by atoms with Crippen LogP contribution >= 0.6 is 24.0 Å². The molecule has 2 heterocycles. The molecule has 0 radical (unpaired) electrons. The van der Waals surface area contributed by atoms with Gasteiger partial charge in [-0.1, -0.05) is 35.5 Å². The molecular formula is C19H14N2O4S2. The van der Waals surface area contributed by atoms with Crippen LogP contribution in [-0.2, 0) is 4.79 Å². The topological polar surface area (TPSA) is 67.9 Å². The molecule has 1 fully saturated rings. The second kappa shape index (κ2) is 7.05. The molecule has 136 valence electrons. The van der Waals surface area contributed by atoms with Gasteiger partial charge in [0.1, 0.15) is 0 Å². The Morgan fingerprint density at radius 2 is 1.93 bits per heavy atom. The van der Waals surface area contributed by atoms with Crippen molar-refractivity contribution in [3.63, 3.8) is 0 Å². The molecular weight excluding hydrogens is 384 g/mol. The zero-order chi connectivity index (χ0) is 19.0. The first kappa shape index (κ1) is 17.6. The van der Waals surface area contributed by atoms with Crippen LogP contribution in [0.4, 0.5) is 0 Å². The number of fused-ring (bicyclic) bond motifs is 1. The molecule has 2 aromatic carbocycles. The number of aryl methyl sites for hydroxylation is 1. The average molecular weight is 398 g/mol. The minimum absolute atomic E-state index is 0.186. The number of carbonyl (C=O) groups is 2. The average Bonchev–Trinajstić information content (AvgIpc) is 3.22. The van der Waals surface area contributed by atoms with Crippen LogP contribution in [0.15, 0.2) is 47.4 Å². The maximum absolute atomic E-state index is 12.7. The molecule has 2 aliphatic heterocycles. The summed E-state index contributed by atoms with van der Waals surface area (Å²) in [6.07, 6.45) is 1.71. The number of benzene rings is 2. The molecule has 6 nitrogen and oxygen atoms in total. The monoisotopic (exact) mass is 398 g/mol. The molecule has 1 saturated heterocycles. The fourth-order valence-electron chi connectivity index (χ4n) is 2.59. The summed E-state index contributed by atoms with van der Waals surface area (Å²) in [5.74, 6) is 0.538. The van der Waals surface area contributed by atoms with Crippen LogP contribution in [-0.4, -0.2) is 27.9 Å². The molecule has 0 unspecified atom stereocenters. The first-order valence-electron chi connectivity index (χ1n) is 8.06. The lowest BCUT2D eigenvalue weighted by Gasteiger charge is -2.15. The van der Waals surface area contributed by atoms with Gasteiger partial charge in [0.25, 0.3) is 11.8 Å². The smallest absolute Gasteiger partial charge is 0.285 e. The summed E-state index contributed by atoms with van der Waals surface area (Å²) in [7, 11) is 0. The number of thiocarbonyl (C=S) groups is 1. The molecule has 2 amide bonds. The number of ether oxygens (including phenoxy) is 2. The number of hydrazine groups is 1. The summed E-state index contributed by atoms with van der Waals surface area (Å²) in [5, 5.41) is 1.10. The third kappa shape index (κ3) is 3.54. The van der Waals surface area contributed by atoms with E-state index in [1.807, 2.05) is 25.1 Å². The van der Waals surface area contributed by atoms with Gasteiger partial charge >= 0.3 is 0 Å². The summed E-state index contributed by atoms with van der Waals surface area (Å²) < 4.78 is 10.9. The Bertz CT molecular complexity index is 986. The van der Waals surface area contributed by atoms with Gasteiger partial charge in [0.15, 0.2) is 15.8 Å². The van der Waals surface area contributed by atoms with Gasteiger partial charge in [0, 0.05) is 5.56 Å². The largest absolute Gasteiger partial charge is 0.454 e. The Balaban J connectivity index is 1.51. The van der Waals surface area contributed by atoms with Gasteiger partial charge in [0.2, 0.25) is 6.79 Å². The summed E-state index contributed by atoms with van der Waals surface area (Å²) in [4.78, 5) is 25.4. The lowest BCUT2D eigenvalue weighted by atomic mass is 10.1. The molecule has 0 aliphatic carbocycles. The van der Waals surface area contributed by atoms with Gasteiger partial charge in [-0.25, -0.2) is 0 Å². The van der Waals surface area contributed by atoms with Crippen molar-refractivity contribution in [2.75, 3.05) is 6.79 Å². The number of nitrogens with one attached hydrogen (secondary N) is 1. The Kier molecular flexibility index (Phi) is 4.59. The fourth-order valence-corrected chi connectivity index (χ4v) is 3.77. The minimum atomic E-state index is -0.393. The maximum Gasteiger partial charge on any atom is 0.285 e. The molecule has 4 rings (SSSR count). The van der Waals surface area contributed by atoms with E-state index in [0.717, 1.165) is 27.9 Å². The molecule has 0 atom stereocenters. The first-order valence-corrected chi connectivity index (χ1v) is 9.29. The highest BCUT2D eigenvalue weighted by Gasteiger charge is 2.33. The lowest BCUT2D eigenvalue weighted by Crippen LogP contribution is -2.44. The number of nitrogens with zero attached hydrogens (tertiary/aromatic N) is 1. The Labute approximate surface area is 165 Å². The van der Waals surface area contributed by atoms with Crippen molar-refractivity contribution >= 4 is 46.2 Å². The van der Waals surface area contributed by atoms with Crippen molar-refractivity contribution in [1.29, 1.82) is 0 Å². The fraction of sp³-hybridized carbons (Fsp3) is 0.105. The predicted molar refractivity (Wildman–Crippen MR) is 106 cm³/mol. The van der Waals surface area contributed by atoms with Crippen molar-refractivity contribution in [2.45, 2.75) is 6.92 Å². The summed E-state index contributed by atoms with van der Waals surface area (Å²) in [5.41, 5.74) is 4.85. The highest BCUT2D eigenvalue weighted by Crippen LogP contribution is 2.35. The van der Waals surface area contributed by atoms with Crippen LogP contribution in [0.3, 0.4) is 0 Å². The Morgan fingerprint density at radius 1 is 1.19 bits per heavy atom. The second-order valence-corrected chi connectivity index (χ2v) is 7.61. The SMILES string of the molecule is Cc1ccc(C(=O)NN2C(=O)/C(=C/c3ccc4c(c3)OCO4)SC2=S)cc1. The molecule has 1 N–H and O–H groups in total.